The van der Waals surface area contributed by atoms with Gasteiger partial charge in [0.15, 0.2) is 0 Å². The molecule has 3 aliphatic rings. The third-order valence-corrected chi connectivity index (χ3v) is 8.00. The Bertz CT molecular complexity index is 1530. The standard InChI is InChI=1S/C26H24FN5O3/c1-12-4-5-14(23-30-25(35-31-23)16-7-17(16)27)6-18(12)29-24(33)19-10-28-21-8-20-15(11-32(19)21)9-26(3)13(2)22(26)34-20/h4-6,8,10-11,13,16-17,22H,7,9H2,1-3H3,(H,29,33)/t13?,16-,17-,22?,26?/m1/s1. The van der Waals surface area contributed by atoms with Gasteiger partial charge in [-0.25, -0.2) is 9.37 Å². The van der Waals surface area contributed by atoms with E-state index in [0.717, 1.165) is 23.3 Å². The van der Waals surface area contributed by atoms with Gasteiger partial charge in [-0.2, -0.15) is 4.98 Å². The number of nitrogens with zero attached hydrogens (tertiary/aromatic N) is 4. The van der Waals surface area contributed by atoms with Crippen LogP contribution in [0.3, 0.4) is 0 Å². The van der Waals surface area contributed by atoms with E-state index in [1.165, 1.54) is 0 Å². The van der Waals surface area contributed by atoms with Gasteiger partial charge < -0.3 is 14.6 Å². The summed E-state index contributed by atoms with van der Waals surface area (Å²) in [5.74, 6) is 1.48. The zero-order chi connectivity index (χ0) is 24.1. The lowest BCUT2D eigenvalue weighted by Crippen LogP contribution is -2.19. The van der Waals surface area contributed by atoms with E-state index in [9.17, 15) is 9.18 Å². The minimum absolute atomic E-state index is 0.154. The molecule has 7 rings (SSSR count). The molecule has 0 spiro atoms. The largest absolute Gasteiger partial charge is 0.489 e. The van der Waals surface area contributed by atoms with Crippen LogP contribution >= 0.6 is 0 Å². The van der Waals surface area contributed by atoms with Crippen LogP contribution in [0.4, 0.5) is 10.1 Å². The lowest BCUT2D eigenvalue weighted by Gasteiger charge is -2.22. The van der Waals surface area contributed by atoms with E-state index >= 15 is 0 Å². The number of carbonyl (C=O) groups excluding carboxylic acids is 1. The highest BCUT2D eigenvalue weighted by molar-refractivity contribution is 6.04. The number of amides is 1. The third-order valence-electron chi connectivity index (χ3n) is 8.00. The number of pyridine rings is 1. The SMILES string of the molecule is Cc1ccc(-c2noc([C@@H]3C[C@H]3F)n2)cc1NC(=O)c1cnc2cc3c(cn12)CC1(C)C(C)C1O3. The van der Waals surface area contributed by atoms with E-state index in [0.29, 0.717) is 46.6 Å². The highest BCUT2D eigenvalue weighted by Gasteiger charge is 2.62. The van der Waals surface area contributed by atoms with Gasteiger partial charge in [-0.05, 0) is 31.4 Å². The Balaban J connectivity index is 1.17. The molecule has 2 fully saturated rings. The van der Waals surface area contributed by atoms with Crippen molar-refractivity contribution in [2.24, 2.45) is 11.3 Å². The van der Waals surface area contributed by atoms with Crippen LogP contribution in [0.5, 0.6) is 5.75 Å². The fraction of sp³-hybridized carbons (Fsp3) is 0.385. The summed E-state index contributed by atoms with van der Waals surface area (Å²) < 4.78 is 26.6. The van der Waals surface area contributed by atoms with Crippen LogP contribution in [0.25, 0.3) is 17.0 Å². The molecule has 3 unspecified atom stereocenters. The summed E-state index contributed by atoms with van der Waals surface area (Å²) in [6.45, 7) is 6.38. The van der Waals surface area contributed by atoms with Gasteiger partial charge in [0.1, 0.15) is 29.4 Å². The molecule has 1 N–H and O–H groups in total. The molecular weight excluding hydrogens is 449 g/mol. The highest BCUT2D eigenvalue weighted by Crippen LogP contribution is 2.59. The van der Waals surface area contributed by atoms with Gasteiger partial charge in [0.2, 0.25) is 11.7 Å². The zero-order valence-electron chi connectivity index (χ0n) is 19.6. The Hall–Kier alpha value is -3.75. The number of hydrogen-bond donors (Lipinski definition) is 1. The second-order valence-corrected chi connectivity index (χ2v) is 10.3. The summed E-state index contributed by atoms with van der Waals surface area (Å²) in [5.41, 5.74) is 4.55. The number of halogens is 1. The Morgan fingerprint density at radius 2 is 2.14 bits per heavy atom. The first-order chi connectivity index (χ1) is 16.8. The number of ether oxygens (including phenoxy) is 1. The Kier molecular flexibility index (Phi) is 4.06. The summed E-state index contributed by atoms with van der Waals surface area (Å²) in [4.78, 5) is 22.1. The number of rotatable bonds is 4. The van der Waals surface area contributed by atoms with E-state index in [1.54, 1.807) is 12.3 Å². The topological polar surface area (TPSA) is 94.6 Å². The van der Waals surface area contributed by atoms with Crippen LogP contribution in [-0.2, 0) is 6.42 Å². The van der Waals surface area contributed by atoms with Crippen molar-refractivity contribution in [2.75, 3.05) is 5.32 Å². The summed E-state index contributed by atoms with van der Waals surface area (Å²) in [5, 5.41) is 6.99. The summed E-state index contributed by atoms with van der Waals surface area (Å²) >= 11 is 0. The number of fused-ring (bicyclic) bond motifs is 3. The van der Waals surface area contributed by atoms with E-state index in [2.05, 4.69) is 34.3 Å². The van der Waals surface area contributed by atoms with Crippen molar-refractivity contribution >= 4 is 17.2 Å². The molecule has 1 aromatic carbocycles. The van der Waals surface area contributed by atoms with E-state index in [-0.39, 0.29) is 23.3 Å². The maximum atomic E-state index is 13.3. The predicted octanol–water partition coefficient (Wildman–Crippen LogP) is 4.73. The summed E-state index contributed by atoms with van der Waals surface area (Å²) in [7, 11) is 0. The van der Waals surface area contributed by atoms with E-state index in [1.807, 2.05) is 35.7 Å². The molecule has 0 saturated heterocycles. The number of alkyl halides is 1. The first-order valence-electron chi connectivity index (χ1n) is 11.9. The molecule has 0 radical (unpaired) electrons. The van der Waals surface area contributed by atoms with Gasteiger partial charge >= 0.3 is 0 Å². The molecule has 35 heavy (non-hydrogen) atoms. The molecule has 5 atom stereocenters. The van der Waals surface area contributed by atoms with Crippen molar-refractivity contribution < 1.29 is 18.4 Å². The molecular formula is C26H24FN5O3. The lowest BCUT2D eigenvalue weighted by atomic mass is 9.95. The Morgan fingerprint density at radius 3 is 2.94 bits per heavy atom. The van der Waals surface area contributed by atoms with Crippen molar-refractivity contribution in [2.45, 2.75) is 51.8 Å². The Morgan fingerprint density at radius 1 is 1.31 bits per heavy atom. The highest BCUT2D eigenvalue weighted by atomic mass is 19.1. The molecule has 2 aliphatic carbocycles. The number of carbonyl (C=O) groups is 1. The van der Waals surface area contributed by atoms with Crippen molar-refractivity contribution in [1.82, 2.24) is 19.5 Å². The van der Waals surface area contributed by atoms with Crippen LogP contribution in [0.15, 0.2) is 41.2 Å². The van der Waals surface area contributed by atoms with E-state index < -0.39 is 6.17 Å². The molecule has 4 heterocycles. The predicted molar refractivity (Wildman–Crippen MR) is 125 cm³/mol. The molecule has 8 nitrogen and oxygen atoms in total. The minimum Gasteiger partial charge on any atom is -0.489 e. The number of nitrogens with one attached hydrogen (secondary N) is 1. The van der Waals surface area contributed by atoms with Crippen molar-refractivity contribution in [1.29, 1.82) is 0 Å². The zero-order valence-corrected chi connectivity index (χ0v) is 19.6. The van der Waals surface area contributed by atoms with Gasteiger partial charge in [0.25, 0.3) is 5.91 Å². The number of aryl methyl sites for hydroxylation is 1. The van der Waals surface area contributed by atoms with Crippen LogP contribution in [0.2, 0.25) is 0 Å². The average Bonchev–Trinajstić information content (AvgIpc) is 3.45. The lowest BCUT2D eigenvalue weighted by molar-refractivity contribution is 0.102. The van der Waals surface area contributed by atoms with Crippen molar-refractivity contribution in [3.63, 3.8) is 0 Å². The Labute approximate surface area is 200 Å². The van der Waals surface area contributed by atoms with E-state index in [4.69, 9.17) is 9.26 Å². The summed E-state index contributed by atoms with van der Waals surface area (Å²) in [6, 6.07) is 7.45. The molecule has 2 saturated carbocycles. The quantitative estimate of drug-likeness (QED) is 0.461. The van der Waals surface area contributed by atoms with Gasteiger partial charge in [-0.1, -0.05) is 31.1 Å². The van der Waals surface area contributed by atoms with Crippen LogP contribution in [0, 0.1) is 18.3 Å². The fourth-order valence-electron chi connectivity index (χ4n) is 5.25. The van der Waals surface area contributed by atoms with Gasteiger partial charge in [0.05, 0.1) is 12.1 Å². The fourth-order valence-corrected chi connectivity index (χ4v) is 5.25. The molecule has 4 aromatic rings. The van der Waals surface area contributed by atoms with Crippen LogP contribution < -0.4 is 10.1 Å². The number of hydrogen-bond acceptors (Lipinski definition) is 6. The maximum absolute atomic E-state index is 13.3. The molecule has 1 aliphatic heterocycles. The number of imidazole rings is 1. The maximum Gasteiger partial charge on any atom is 0.274 e. The molecule has 0 bridgehead atoms. The number of benzene rings is 1. The number of aromatic nitrogens is 4. The average molecular weight is 474 g/mol. The first-order valence-corrected chi connectivity index (χ1v) is 11.9. The first kappa shape index (κ1) is 20.6. The molecule has 178 valence electrons. The second kappa shape index (κ2) is 6.90. The van der Waals surface area contributed by atoms with Gasteiger partial charge in [-0.3, -0.25) is 9.20 Å². The third kappa shape index (κ3) is 3.10. The minimum atomic E-state index is -0.907. The monoisotopic (exact) mass is 473 g/mol. The van der Waals surface area contributed by atoms with Crippen molar-refractivity contribution in [3.8, 4) is 17.1 Å². The number of anilines is 1. The van der Waals surface area contributed by atoms with Crippen LogP contribution in [0.1, 0.15) is 53.7 Å². The van der Waals surface area contributed by atoms with Gasteiger partial charge in [0, 0.05) is 40.4 Å². The smallest absolute Gasteiger partial charge is 0.274 e. The summed E-state index contributed by atoms with van der Waals surface area (Å²) in [6.07, 6.45) is 4.23. The molecule has 3 aromatic heterocycles. The van der Waals surface area contributed by atoms with Crippen molar-refractivity contribution in [3.05, 3.63) is 59.4 Å². The second-order valence-electron chi connectivity index (χ2n) is 10.3. The molecule has 1 amide bonds. The van der Waals surface area contributed by atoms with Gasteiger partial charge in [-0.15, -0.1) is 0 Å². The molecule has 9 heteroatoms. The van der Waals surface area contributed by atoms with Crippen LogP contribution in [-0.4, -0.2) is 37.7 Å². The normalized spacial score (nSPS) is 28.2.